The highest BCUT2D eigenvalue weighted by molar-refractivity contribution is 7.08. The summed E-state index contributed by atoms with van der Waals surface area (Å²) in [5.41, 5.74) is 2.20. The van der Waals surface area contributed by atoms with Gasteiger partial charge >= 0.3 is 0 Å². The number of nitrogens with one attached hydrogen (secondary N) is 1. The molecule has 3 nitrogen and oxygen atoms in total. The zero-order valence-corrected chi connectivity index (χ0v) is 10.3. The predicted molar refractivity (Wildman–Crippen MR) is 68.9 cm³/mol. The van der Waals surface area contributed by atoms with E-state index in [1.54, 1.807) is 11.3 Å². The molecule has 2 aromatic rings. The van der Waals surface area contributed by atoms with Crippen LogP contribution in [0.1, 0.15) is 19.0 Å². The number of hydrogen-bond donors (Lipinski definition) is 1. The Bertz CT molecular complexity index is 451. The van der Waals surface area contributed by atoms with Crippen molar-refractivity contribution in [2.24, 2.45) is 0 Å². The summed E-state index contributed by atoms with van der Waals surface area (Å²) < 4.78 is 0. The third-order valence-corrected chi connectivity index (χ3v) is 3.00. The van der Waals surface area contributed by atoms with Gasteiger partial charge in [-0.05, 0) is 17.9 Å². The highest BCUT2D eigenvalue weighted by atomic mass is 32.1. The van der Waals surface area contributed by atoms with Crippen LogP contribution in [0.25, 0.3) is 11.4 Å². The molecule has 0 atom stereocenters. The molecular weight excluding hydrogens is 218 g/mol. The lowest BCUT2D eigenvalue weighted by Crippen LogP contribution is -2.00. The highest BCUT2D eigenvalue weighted by Crippen LogP contribution is 2.20. The predicted octanol–water partition coefficient (Wildman–Crippen LogP) is 3.20. The van der Waals surface area contributed by atoms with Crippen molar-refractivity contribution < 1.29 is 0 Å². The normalized spacial score (nSPS) is 10.4. The average molecular weight is 233 g/mol. The summed E-state index contributed by atoms with van der Waals surface area (Å²) >= 11 is 1.67. The van der Waals surface area contributed by atoms with E-state index in [9.17, 15) is 0 Å². The summed E-state index contributed by atoms with van der Waals surface area (Å²) in [7, 11) is 1.88. The van der Waals surface area contributed by atoms with Crippen LogP contribution in [0.15, 0.2) is 22.9 Å². The number of aromatic nitrogens is 2. The molecule has 0 saturated heterocycles. The minimum absolute atomic E-state index is 0.816. The van der Waals surface area contributed by atoms with Crippen LogP contribution in [-0.2, 0) is 6.42 Å². The molecule has 0 bridgehead atoms. The number of nitrogens with zero attached hydrogens (tertiary/aromatic N) is 2. The molecule has 0 aliphatic heterocycles. The van der Waals surface area contributed by atoms with Crippen molar-refractivity contribution in [2.75, 3.05) is 12.4 Å². The number of rotatable bonds is 4. The molecule has 0 aliphatic carbocycles. The van der Waals surface area contributed by atoms with Crippen molar-refractivity contribution in [1.29, 1.82) is 0 Å². The monoisotopic (exact) mass is 233 g/mol. The summed E-state index contributed by atoms with van der Waals surface area (Å²) in [6.45, 7) is 2.16. The Morgan fingerprint density at radius 2 is 2.25 bits per heavy atom. The maximum atomic E-state index is 4.57. The van der Waals surface area contributed by atoms with E-state index in [1.165, 1.54) is 0 Å². The lowest BCUT2D eigenvalue weighted by molar-refractivity contribution is 0.876. The number of hydrogen-bond acceptors (Lipinski definition) is 4. The Balaban J connectivity index is 2.41. The molecule has 2 heterocycles. The average Bonchev–Trinajstić information content (AvgIpc) is 2.82. The maximum Gasteiger partial charge on any atom is 0.162 e. The van der Waals surface area contributed by atoms with Gasteiger partial charge in [-0.15, -0.1) is 0 Å². The molecule has 0 unspecified atom stereocenters. The van der Waals surface area contributed by atoms with Crippen LogP contribution < -0.4 is 5.32 Å². The molecule has 16 heavy (non-hydrogen) atoms. The van der Waals surface area contributed by atoms with Crippen molar-refractivity contribution in [1.82, 2.24) is 9.97 Å². The molecule has 4 heteroatoms. The van der Waals surface area contributed by atoms with E-state index in [-0.39, 0.29) is 0 Å². The molecule has 0 saturated carbocycles. The third-order valence-electron chi connectivity index (χ3n) is 2.32. The second kappa shape index (κ2) is 5.07. The standard InChI is InChI=1S/C12H15N3S/c1-3-4-10-7-11(13-2)15-12(14-10)9-5-6-16-8-9/h5-8H,3-4H2,1-2H3,(H,13,14,15). The van der Waals surface area contributed by atoms with Crippen molar-refractivity contribution in [3.8, 4) is 11.4 Å². The van der Waals surface area contributed by atoms with Crippen LogP contribution in [0.4, 0.5) is 5.82 Å². The molecule has 0 aliphatic rings. The molecule has 0 fully saturated rings. The minimum Gasteiger partial charge on any atom is -0.373 e. The third kappa shape index (κ3) is 2.39. The van der Waals surface area contributed by atoms with Crippen molar-refractivity contribution >= 4 is 17.2 Å². The molecular formula is C12H15N3S. The molecule has 2 aromatic heterocycles. The maximum absolute atomic E-state index is 4.57. The number of anilines is 1. The number of thiophene rings is 1. The van der Waals surface area contributed by atoms with Gasteiger partial charge < -0.3 is 5.32 Å². The summed E-state index contributed by atoms with van der Waals surface area (Å²) in [5.74, 6) is 1.70. The van der Waals surface area contributed by atoms with Gasteiger partial charge in [-0.3, -0.25) is 0 Å². The first-order valence-electron chi connectivity index (χ1n) is 5.41. The molecule has 0 aromatic carbocycles. The molecule has 0 amide bonds. The lowest BCUT2D eigenvalue weighted by Gasteiger charge is -2.05. The second-order valence-electron chi connectivity index (χ2n) is 3.58. The van der Waals surface area contributed by atoms with E-state index < -0.39 is 0 Å². The van der Waals surface area contributed by atoms with Crippen LogP contribution in [-0.4, -0.2) is 17.0 Å². The molecule has 84 valence electrons. The van der Waals surface area contributed by atoms with Gasteiger partial charge in [0.05, 0.1) is 0 Å². The Kier molecular flexibility index (Phi) is 3.51. The summed E-state index contributed by atoms with van der Waals surface area (Å²) in [6, 6.07) is 4.06. The quantitative estimate of drug-likeness (QED) is 0.881. The smallest absolute Gasteiger partial charge is 0.162 e. The summed E-state index contributed by atoms with van der Waals surface area (Å²) in [4.78, 5) is 9.03. The van der Waals surface area contributed by atoms with E-state index in [1.807, 2.05) is 18.5 Å². The van der Waals surface area contributed by atoms with E-state index in [0.29, 0.717) is 0 Å². The molecule has 2 rings (SSSR count). The van der Waals surface area contributed by atoms with Gasteiger partial charge in [0.25, 0.3) is 0 Å². The fourth-order valence-electron chi connectivity index (χ4n) is 1.53. The number of aryl methyl sites for hydroxylation is 1. The van der Waals surface area contributed by atoms with Gasteiger partial charge in [0.1, 0.15) is 5.82 Å². The minimum atomic E-state index is 0.816. The molecule has 0 radical (unpaired) electrons. The van der Waals surface area contributed by atoms with Gasteiger partial charge in [0.2, 0.25) is 0 Å². The van der Waals surface area contributed by atoms with Crippen molar-refractivity contribution in [2.45, 2.75) is 19.8 Å². The van der Waals surface area contributed by atoms with Gasteiger partial charge in [-0.25, -0.2) is 9.97 Å². The molecule has 1 N–H and O–H groups in total. The first-order chi connectivity index (χ1) is 7.83. The van der Waals surface area contributed by atoms with Crippen LogP contribution in [0, 0.1) is 0 Å². The topological polar surface area (TPSA) is 37.8 Å². The highest BCUT2D eigenvalue weighted by Gasteiger charge is 2.05. The van der Waals surface area contributed by atoms with Gasteiger partial charge in [-0.2, -0.15) is 11.3 Å². The Morgan fingerprint density at radius 1 is 1.38 bits per heavy atom. The van der Waals surface area contributed by atoms with Gasteiger partial charge in [0.15, 0.2) is 5.82 Å². The van der Waals surface area contributed by atoms with Gasteiger partial charge in [0, 0.05) is 29.8 Å². The van der Waals surface area contributed by atoms with E-state index in [0.717, 1.165) is 35.7 Å². The Morgan fingerprint density at radius 3 is 2.88 bits per heavy atom. The van der Waals surface area contributed by atoms with Crippen LogP contribution in [0.5, 0.6) is 0 Å². The van der Waals surface area contributed by atoms with E-state index in [2.05, 4.69) is 33.7 Å². The van der Waals surface area contributed by atoms with Gasteiger partial charge in [-0.1, -0.05) is 13.3 Å². The van der Waals surface area contributed by atoms with E-state index >= 15 is 0 Å². The SMILES string of the molecule is CCCc1cc(NC)nc(-c2ccsc2)n1. The lowest BCUT2D eigenvalue weighted by atomic mass is 10.2. The Hall–Kier alpha value is -1.42. The zero-order valence-electron chi connectivity index (χ0n) is 9.53. The first kappa shape index (κ1) is 11.1. The summed E-state index contributed by atoms with van der Waals surface area (Å²) in [5, 5.41) is 7.20. The van der Waals surface area contributed by atoms with Crippen LogP contribution in [0.3, 0.4) is 0 Å². The second-order valence-corrected chi connectivity index (χ2v) is 4.36. The first-order valence-corrected chi connectivity index (χ1v) is 6.36. The largest absolute Gasteiger partial charge is 0.373 e. The summed E-state index contributed by atoms with van der Waals surface area (Å²) in [6.07, 6.45) is 2.09. The van der Waals surface area contributed by atoms with Crippen molar-refractivity contribution in [3.63, 3.8) is 0 Å². The van der Waals surface area contributed by atoms with Crippen molar-refractivity contribution in [3.05, 3.63) is 28.6 Å². The molecule has 0 spiro atoms. The fourth-order valence-corrected chi connectivity index (χ4v) is 2.16. The zero-order chi connectivity index (χ0) is 11.4. The Labute approximate surface area is 99.6 Å². The van der Waals surface area contributed by atoms with Crippen LogP contribution in [0.2, 0.25) is 0 Å². The fraction of sp³-hybridized carbons (Fsp3) is 0.333. The van der Waals surface area contributed by atoms with Crippen LogP contribution >= 0.6 is 11.3 Å². The van der Waals surface area contributed by atoms with E-state index in [4.69, 9.17) is 0 Å².